The van der Waals surface area contributed by atoms with E-state index < -0.39 is 0 Å². The van der Waals surface area contributed by atoms with Gasteiger partial charge in [-0.2, -0.15) is 0 Å². The van der Waals surface area contributed by atoms with E-state index in [2.05, 4.69) is 16.5 Å². The first-order chi connectivity index (χ1) is 9.15. The number of imidazole rings is 1. The number of aryl methyl sites for hydroxylation is 1. The highest BCUT2D eigenvalue weighted by Crippen LogP contribution is 2.21. The van der Waals surface area contributed by atoms with Gasteiger partial charge in [0.2, 0.25) is 0 Å². The number of hydrogen-bond acceptors (Lipinski definition) is 2. The molecule has 1 unspecified atom stereocenters. The Labute approximate surface area is 123 Å². The van der Waals surface area contributed by atoms with E-state index in [0.717, 1.165) is 29.8 Å². The Balaban J connectivity index is 2.39. The zero-order chi connectivity index (χ0) is 13.8. The van der Waals surface area contributed by atoms with Crippen molar-refractivity contribution in [2.24, 2.45) is 0 Å². The first kappa shape index (κ1) is 14.6. The van der Waals surface area contributed by atoms with E-state index in [1.165, 1.54) is 0 Å². The lowest BCUT2D eigenvalue weighted by atomic mass is 10.3. The fourth-order valence-electron chi connectivity index (χ4n) is 2.23. The predicted octanol–water partition coefficient (Wildman–Crippen LogP) is 3.90. The average Bonchev–Trinajstić information content (AvgIpc) is 2.67. The van der Waals surface area contributed by atoms with Crippen molar-refractivity contribution in [1.29, 1.82) is 0 Å². The van der Waals surface area contributed by atoms with Crippen molar-refractivity contribution in [2.75, 3.05) is 12.5 Å². The maximum Gasteiger partial charge on any atom is 0.111 e. The Morgan fingerprint density at radius 2 is 2.21 bits per heavy atom. The minimum atomic E-state index is 0.146. The summed E-state index contributed by atoms with van der Waals surface area (Å²) < 4.78 is 7.79. The molecular formula is C14H18Cl2N2O. The van der Waals surface area contributed by atoms with Crippen molar-refractivity contribution >= 4 is 34.2 Å². The molecule has 1 aromatic carbocycles. The van der Waals surface area contributed by atoms with Gasteiger partial charge in [0.05, 0.1) is 23.7 Å². The van der Waals surface area contributed by atoms with Gasteiger partial charge in [0.1, 0.15) is 5.82 Å². The van der Waals surface area contributed by atoms with E-state index >= 15 is 0 Å². The lowest BCUT2D eigenvalue weighted by molar-refractivity contribution is 0.0643. The van der Waals surface area contributed by atoms with Gasteiger partial charge >= 0.3 is 0 Å². The first-order valence-corrected chi connectivity index (χ1v) is 7.39. The molecule has 1 atom stereocenters. The van der Waals surface area contributed by atoms with Crippen LogP contribution in [-0.2, 0) is 17.7 Å². The number of nitrogens with zero attached hydrogens (tertiary/aromatic N) is 2. The van der Waals surface area contributed by atoms with Crippen molar-refractivity contribution in [3.05, 3.63) is 29.0 Å². The van der Waals surface area contributed by atoms with Gasteiger partial charge in [-0.1, -0.05) is 11.6 Å². The third-order valence-corrected chi connectivity index (χ3v) is 3.42. The van der Waals surface area contributed by atoms with Crippen LogP contribution in [0.3, 0.4) is 0 Å². The quantitative estimate of drug-likeness (QED) is 0.757. The number of hydrogen-bond donors (Lipinski definition) is 0. The summed E-state index contributed by atoms with van der Waals surface area (Å²) in [4.78, 5) is 4.61. The van der Waals surface area contributed by atoms with Crippen molar-refractivity contribution in [1.82, 2.24) is 9.55 Å². The molecule has 2 rings (SSSR count). The Bertz CT molecular complexity index is 554. The predicted molar refractivity (Wildman–Crippen MR) is 80.3 cm³/mol. The maximum absolute atomic E-state index is 6.01. The van der Waals surface area contributed by atoms with Crippen LogP contribution in [0.25, 0.3) is 11.0 Å². The van der Waals surface area contributed by atoms with Crippen molar-refractivity contribution in [3.63, 3.8) is 0 Å². The minimum Gasteiger partial charge on any atom is -0.377 e. The van der Waals surface area contributed by atoms with Crippen LogP contribution in [0, 0.1) is 0 Å². The van der Waals surface area contributed by atoms with Gasteiger partial charge in [-0.3, -0.25) is 0 Å². The molecule has 0 saturated carbocycles. The lowest BCUT2D eigenvalue weighted by Gasteiger charge is -2.15. The number of ether oxygens (including phenoxy) is 1. The van der Waals surface area contributed by atoms with E-state index in [9.17, 15) is 0 Å². The van der Waals surface area contributed by atoms with Crippen LogP contribution in [0.1, 0.15) is 19.7 Å². The number of fused-ring (bicyclic) bond motifs is 1. The molecule has 0 aliphatic rings. The number of alkyl halides is 1. The van der Waals surface area contributed by atoms with Crippen LogP contribution in [0.15, 0.2) is 18.2 Å². The summed E-state index contributed by atoms with van der Waals surface area (Å²) in [5.41, 5.74) is 1.99. The summed E-state index contributed by atoms with van der Waals surface area (Å²) in [5.74, 6) is 1.54. The molecule has 2 aromatic rings. The zero-order valence-corrected chi connectivity index (χ0v) is 12.7. The van der Waals surface area contributed by atoms with Crippen LogP contribution in [0.5, 0.6) is 0 Å². The molecule has 0 saturated heterocycles. The molecule has 19 heavy (non-hydrogen) atoms. The summed E-state index contributed by atoms with van der Waals surface area (Å²) in [5, 5.41) is 0.701. The van der Waals surface area contributed by atoms with Gasteiger partial charge in [-0.25, -0.2) is 4.98 Å². The highest BCUT2D eigenvalue weighted by Gasteiger charge is 2.13. The van der Waals surface area contributed by atoms with Crippen molar-refractivity contribution in [2.45, 2.75) is 32.9 Å². The maximum atomic E-state index is 6.01. The third kappa shape index (κ3) is 3.41. The number of rotatable bonds is 6. The molecule has 1 heterocycles. The molecule has 0 bridgehead atoms. The van der Waals surface area contributed by atoms with Gasteiger partial charge < -0.3 is 9.30 Å². The highest BCUT2D eigenvalue weighted by atomic mass is 35.5. The molecule has 104 valence electrons. The van der Waals surface area contributed by atoms with E-state index in [4.69, 9.17) is 27.9 Å². The fourth-order valence-corrected chi connectivity index (χ4v) is 2.56. The van der Waals surface area contributed by atoms with Gasteiger partial charge in [0, 0.05) is 23.9 Å². The van der Waals surface area contributed by atoms with E-state index in [-0.39, 0.29) is 6.10 Å². The molecule has 1 aromatic heterocycles. The molecule has 5 heteroatoms. The van der Waals surface area contributed by atoms with E-state index in [1.54, 1.807) is 0 Å². The second kappa shape index (κ2) is 6.60. The number of aromatic nitrogens is 2. The smallest absolute Gasteiger partial charge is 0.111 e. The summed E-state index contributed by atoms with van der Waals surface area (Å²) >= 11 is 11.9. The molecule has 0 aliphatic carbocycles. The molecule has 0 amide bonds. The van der Waals surface area contributed by atoms with Gasteiger partial charge in [0.15, 0.2) is 0 Å². The number of halogens is 2. The summed E-state index contributed by atoms with van der Waals surface area (Å²) in [6.45, 7) is 5.56. The molecular weight excluding hydrogens is 283 g/mol. The Kier molecular flexibility index (Phi) is 5.08. The van der Waals surface area contributed by atoms with E-state index in [1.807, 2.05) is 25.1 Å². The van der Waals surface area contributed by atoms with Crippen LogP contribution in [0.2, 0.25) is 5.02 Å². The van der Waals surface area contributed by atoms with Gasteiger partial charge in [0.25, 0.3) is 0 Å². The van der Waals surface area contributed by atoms with Gasteiger partial charge in [-0.15, -0.1) is 11.6 Å². The van der Waals surface area contributed by atoms with Crippen molar-refractivity contribution < 1.29 is 4.74 Å². The largest absolute Gasteiger partial charge is 0.377 e. The van der Waals surface area contributed by atoms with Crippen LogP contribution >= 0.6 is 23.2 Å². The van der Waals surface area contributed by atoms with E-state index in [0.29, 0.717) is 17.5 Å². The monoisotopic (exact) mass is 300 g/mol. The molecule has 0 aliphatic heterocycles. The SMILES string of the molecule is CCOC(C)Cn1c(CCCl)nc2cc(Cl)ccc21. The topological polar surface area (TPSA) is 27.1 Å². The normalized spacial score (nSPS) is 13.1. The molecule has 0 N–H and O–H groups in total. The second-order valence-corrected chi connectivity index (χ2v) is 5.29. The summed E-state index contributed by atoms with van der Waals surface area (Å²) in [7, 11) is 0. The van der Waals surface area contributed by atoms with Crippen LogP contribution < -0.4 is 0 Å². The van der Waals surface area contributed by atoms with Crippen LogP contribution in [-0.4, -0.2) is 28.1 Å². The molecule has 0 spiro atoms. The third-order valence-electron chi connectivity index (χ3n) is 3.00. The molecule has 3 nitrogen and oxygen atoms in total. The Hall–Kier alpha value is -0.770. The minimum absolute atomic E-state index is 0.146. The number of benzene rings is 1. The second-order valence-electron chi connectivity index (χ2n) is 4.48. The Morgan fingerprint density at radius 3 is 2.89 bits per heavy atom. The average molecular weight is 301 g/mol. The standard InChI is InChI=1S/C14H18Cl2N2O/c1-3-19-10(2)9-18-13-5-4-11(16)8-12(13)17-14(18)6-7-15/h4-5,8,10H,3,6-7,9H2,1-2H3. The summed E-state index contributed by atoms with van der Waals surface area (Å²) in [6, 6.07) is 5.77. The zero-order valence-electron chi connectivity index (χ0n) is 11.2. The summed E-state index contributed by atoms with van der Waals surface area (Å²) in [6.07, 6.45) is 0.888. The Morgan fingerprint density at radius 1 is 1.42 bits per heavy atom. The highest BCUT2D eigenvalue weighted by molar-refractivity contribution is 6.31. The van der Waals surface area contributed by atoms with Gasteiger partial charge in [-0.05, 0) is 32.0 Å². The van der Waals surface area contributed by atoms with Crippen molar-refractivity contribution in [3.8, 4) is 0 Å². The first-order valence-electron chi connectivity index (χ1n) is 6.48. The molecule has 0 radical (unpaired) electrons. The lowest BCUT2D eigenvalue weighted by Crippen LogP contribution is -2.18. The molecule has 0 fully saturated rings. The fraction of sp³-hybridized carbons (Fsp3) is 0.500. The van der Waals surface area contributed by atoms with Crippen LogP contribution in [0.4, 0.5) is 0 Å².